The van der Waals surface area contributed by atoms with Crippen molar-refractivity contribution in [1.82, 2.24) is 0 Å². The van der Waals surface area contributed by atoms with E-state index >= 15 is 0 Å². The van der Waals surface area contributed by atoms with Crippen molar-refractivity contribution in [3.8, 4) is 0 Å². The Balaban J connectivity index is 1.88. The van der Waals surface area contributed by atoms with Gasteiger partial charge in [0.05, 0.1) is 12.0 Å². The van der Waals surface area contributed by atoms with Crippen molar-refractivity contribution >= 4 is 12.1 Å². The van der Waals surface area contributed by atoms with Gasteiger partial charge in [0.1, 0.15) is 0 Å². The predicted octanol–water partition coefficient (Wildman–Crippen LogP) is 5.36. The fourth-order valence-corrected chi connectivity index (χ4v) is 3.38. The molecule has 2 atom stereocenters. The minimum Gasteiger partial charge on any atom is -0.431 e. The zero-order valence-electron chi connectivity index (χ0n) is 16.9. The summed E-state index contributed by atoms with van der Waals surface area (Å²) in [7, 11) is 0. The number of benzene rings is 1. The molecule has 2 unspecified atom stereocenters. The monoisotopic (exact) mass is 376 g/mol. The van der Waals surface area contributed by atoms with Crippen molar-refractivity contribution < 1.29 is 23.8 Å². The number of hydrogen-bond acceptors (Lipinski definition) is 5. The van der Waals surface area contributed by atoms with Gasteiger partial charge in [0.25, 0.3) is 6.29 Å². The quantitative estimate of drug-likeness (QED) is 0.451. The van der Waals surface area contributed by atoms with Crippen LogP contribution in [0.15, 0.2) is 24.3 Å². The molecule has 1 aliphatic carbocycles. The second-order valence-corrected chi connectivity index (χ2v) is 7.63. The number of ether oxygens (including phenoxy) is 3. The highest BCUT2D eigenvalue weighted by Crippen LogP contribution is 2.28. The van der Waals surface area contributed by atoms with Gasteiger partial charge in [0, 0.05) is 6.42 Å². The van der Waals surface area contributed by atoms with Gasteiger partial charge in [-0.2, -0.15) is 0 Å². The van der Waals surface area contributed by atoms with Crippen LogP contribution in [-0.4, -0.2) is 24.5 Å². The van der Waals surface area contributed by atoms with Crippen LogP contribution in [0.25, 0.3) is 0 Å². The van der Waals surface area contributed by atoms with Gasteiger partial charge in [0.2, 0.25) is 0 Å². The molecule has 5 nitrogen and oxygen atoms in total. The fourth-order valence-electron chi connectivity index (χ4n) is 3.38. The van der Waals surface area contributed by atoms with E-state index in [9.17, 15) is 9.59 Å². The van der Waals surface area contributed by atoms with E-state index in [4.69, 9.17) is 14.2 Å². The molecule has 0 amide bonds. The summed E-state index contributed by atoms with van der Waals surface area (Å²) in [5.41, 5.74) is 2.21. The molecule has 0 aromatic heterocycles. The minimum atomic E-state index is -0.937. The highest BCUT2D eigenvalue weighted by molar-refractivity contribution is 5.78. The Morgan fingerprint density at radius 2 is 1.63 bits per heavy atom. The lowest BCUT2D eigenvalue weighted by Gasteiger charge is -2.20. The molecule has 1 saturated carbocycles. The van der Waals surface area contributed by atoms with E-state index in [0.717, 1.165) is 17.9 Å². The molecular weight excluding hydrogens is 344 g/mol. The molecule has 150 valence electrons. The standard InChI is InChI=1S/C22H32O5/c1-5-20(27-22(24)25-15(2)3)26-21(23)16(4)19-12-10-18(11-13-19)14-17-8-6-7-9-17/h10-13,15-17,20H,5-9,14H2,1-4H3. The third-order valence-corrected chi connectivity index (χ3v) is 4.97. The number of esters is 1. The van der Waals surface area contributed by atoms with E-state index in [0.29, 0.717) is 6.42 Å². The fraction of sp³-hybridized carbons (Fsp3) is 0.636. The average molecular weight is 376 g/mol. The van der Waals surface area contributed by atoms with E-state index < -0.39 is 24.3 Å². The molecule has 0 bridgehead atoms. The molecular formula is C22H32O5. The highest BCUT2D eigenvalue weighted by Gasteiger charge is 2.24. The first kappa shape index (κ1) is 21.3. The van der Waals surface area contributed by atoms with Crippen molar-refractivity contribution in [3.05, 3.63) is 35.4 Å². The topological polar surface area (TPSA) is 61.8 Å². The van der Waals surface area contributed by atoms with Gasteiger partial charge in [-0.25, -0.2) is 4.79 Å². The van der Waals surface area contributed by atoms with Crippen LogP contribution in [0.2, 0.25) is 0 Å². The van der Waals surface area contributed by atoms with Crippen LogP contribution in [0.1, 0.15) is 76.8 Å². The summed E-state index contributed by atoms with van der Waals surface area (Å²) >= 11 is 0. The van der Waals surface area contributed by atoms with E-state index in [1.807, 2.05) is 12.1 Å². The maximum Gasteiger partial charge on any atom is 0.511 e. The molecule has 1 aliphatic rings. The maximum absolute atomic E-state index is 12.4. The number of rotatable bonds is 8. The van der Waals surface area contributed by atoms with Crippen LogP contribution in [0.3, 0.4) is 0 Å². The van der Waals surface area contributed by atoms with Crippen LogP contribution in [-0.2, 0) is 25.4 Å². The number of carbonyl (C=O) groups is 2. The van der Waals surface area contributed by atoms with Crippen LogP contribution >= 0.6 is 0 Å². The summed E-state index contributed by atoms with van der Waals surface area (Å²) < 4.78 is 15.3. The summed E-state index contributed by atoms with van der Waals surface area (Å²) in [5, 5.41) is 0. The molecule has 2 rings (SSSR count). The number of carbonyl (C=O) groups excluding carboxylic acids is 2. The molecule has 0 heterocycles. The zero-order chi connectivity index (χ0) is 19.8. The largest absolute Gasteiger partial charge is 0.511 e. The highest BCUT2D eigenvalue weighted by atomic mass is 16.8. The van der Waals surface area contributed by atoms with Crippen molar-refractivity contribution in [2.75, 3.05) is 0 Å². The van der Waals surface area contributed by atoms with Crippen LogP contribution in [0.5, 0.6) is 0 Å². The van der Waals surface area contributed by atoms with Crippen molar-refractivity contribution in [1.29, 1.82) is 0 Å². The second-order valence-electron chi connectivity index (χ2n) is 7.63. The Bertz CT molecular complexity index is 602. The lowest BCUT2D eigenvalue weighted by Crippen LogP contribution is -2.27. The molecule has 0 saturated heterocycles. The summed E-state index contributed by atoms with van der Waals surface area (Å²) in [6, 6.07) is 8.19. The zero-order valence-corrected chi connectivity index (χ0v) is 16.9. The van der Waals surface area contributed by atoms with Gasteiger partial charge >= 0.3 is 12.1 Å². The molecule has 5 heteroatoms. The molecule has 1 fully saturated rings. The minimum absolute atomic E-state index is 0.285. The molecule has 27 heavy (non-hydrogen) atoms. The first-order valence-corrected chi connectivity index (χ1v) is 10.1. The predicted molar refractivity (Wildman–Crippen MR) is 103 cm³/mol. The Hall–Kier alpha value is -2.04. The van der Waals surface area contributed by atoms with Crippen LogP contribution in [0, 0.1) is 5.92 Å². The van der Waals surface area contributed by atoms with Crippen LogP contribution in [0.4, 0.5) is 4.79 Å². The normalized spacial score (nSPS) is 16.8. The molecule has 0 aliphatic heterocycles. The lowest BCUT2D eigenvalue weighted by atomic mass is 9.95. The van der Waals surface area contributed by atoms with Gasteiger partial charge in [0.15, 0.2) is 0 Å². The van der Waals surface area contributed by atoms with Crippen molar-refractivity contribution in [2.45, 2.75) is 84.5 Å². The first-order chi connectivity index (χ1) is 12.9. The molecule has 0 radical (unpaired) electrons. The van der Waals surface area contributed by atoms with Gasteiger partial charge < -0.3 is 14.2 Å². The Kier molecular flexibility index (Phi) is 8.14. The summed E-state index contributed by atoms with van der Waals surface area (Å²) in [6.07, 6.45) is 4.77. The van der Waals surface area contributed by atoms with Gasteiger partial charge in [-0.15, -0.1) is 0 Å². The molecule has 0 spiro atoms. The SMILES string of the molecule is CCC(OC(=O)OC(C)C)OC(=O)C(C)c1ccc(CC2CCCC2)cc1. The first-order valence-electron chi connectivity index (χ1n) is 10.1. The van der Waals surface area contributed by atoms with Crippen molar-refractivity contribution in [2.24, 2.45) is 5.92 Å². The second kappa shape index (κ2) is 10.3. The van der Waals surface area contributed by atoms with Gasteiger partial charge in [-0.05, 0) is 44.2 Å². The third-order valence-electron chi connectivity index (χ3n) is 4.97. The summed E-state index contributed by atoms with van der Waals surface area (Å²) in [5.74, 6) is -0.0432. The van der Waals surface area contributed by atoms with E-state index in [1.54, 1.807) is 27.7 Å². The Morgan fingerprint density at radius 1 is 1.00 bits per heavy atom. The van der Waals surface area contributed by atoms with Crippen LogP contribution < -0.4 is 0 Å². The van der Waals surface area contributed by atoms with E-state index in [2.05, 4.69) is 12.1 Å². The Labute approximate surface area is 162 Å². The maximum atomic E-state index is 12.4. The molecule has 1 aromatic carbocycles. The molecule has 0 N–H and O–H groups in total. The van der Waals surface area contributed by atoms with E-state index in [-0.39, 0.29) is 6.10 Å². The van der Waals surface area contributed by atoms with E-state index in [1.165, 1.54) is 31.2 Å². The molecule has 1 aromatic rings. The lowest BCUT2D eigenvalue weighted by molar-refractivity contribution is -0.173. The average Bonchev–Trinajstić information content (AvgIpc) is 3.13. The van der Waals surface area contributed by atoms with Gasteiger partial charge in [-0.3, -0.25) is 4.79 Å². The third kappa shape index (κ3) is 6.89. The Morgan fingerprint density at radius 3 is 2.19 bits per heavy atom. The number of hydrogen-bond donors (Lipinski definition) is 0. The smallest absolute Gasteiger partial charge is 0.431 e. The summed E-state index contributed by atoms with van der Waals surface area (Å²) in [6.45, 7) is 7.04. The summed E-state index contributed by atoms with van der Waals surface area (Å²) in [4.78, 5) is 24.0. The van der Waals surface area contributed by atoms with Gasteiger partial charge in [-0.1, -0.05) is 56.9 Å². The van der Waals surface area contributed by atoms with Crippen molar-refractivity contribution in [3.63, 3.8) is 0 Å².